The normalized spacial score (nSPS) is 17.1. The number of nitrogens with zero attached hydrogens (tertiary/aromatic N) is 2. The summed E-state index contributed by atoms with van der Waals surface area (Å²) in [6, 6.07) is 10.7. The monoisotopic (exact) mass is 300 g/mol. The van der Waals surface area contributed by atoms with Crippen LogP contribution in [0, 0.1) is 12.8 Å². The molecule has 0 fully saturated rings. The quantitative estimate of drug-likeness (QED) is 0.858. The Hall–Kier alpha value is -1.85. The summed E-state index contributed by atoms with van der Waals surface area (Å²) >= 11 is 0. The van der Waals surface area contributed by atoms with Crippen molar-refractivity contribution < 1.29 is 4.74 Å². The molecule has 118 valence electrons. The highest BCUT2D eigenvalue weighted by atomic mass is 16.5. The Morgan fingerprint density at radius 1 is 1.32 bits per heavy atom. The summed E-state index contributed by atoms with van der Waals surface area (Å²) in [4.78, 5) is 0. The summed E-state index contributed by atoms with van der Waals surface area (Å²) in [5, 5.41) is 11.5. The molecule has 2 N–H and O–H groups in total. The first-order chi connectivity index (χ1) is 10.7. The Labute approximate surface area is 131 Å². The van der Waals surface area contributed by atoms with Gasteiger partial charge in [0.15, 0.2) is 0 Å². The molecule has 0 aliphatic carbocycles. The van der Waals surface area contributed by atoms with Gasteiger partial charge < -0.3 is 15.4 Å². The second-order valence-electron chi connectivity index (χ2n) is 5.98. The summed E-state index contributed by atoms with van der Waals surface area (Å²) in [7, 11) is 1.72. The molecule has 1 aliphatic rings. The van der Waals surface area contributed by atoms with E-state index in [0.29, 0.717) is 12.5 Å². The number of benzene rings is 1. The Balaban J connectivity index is 1.45. The van der Waals surface area contributed by atoms with Crippen LogP contribution in [0.2, 0.25) is 0 Å². The number of methoxy groups -OCH3 is 1. The molecule has 1 unspecified atom stereocenters. The van der Waals surface area contributed by atoms with Crippen molar-refractivity contribution in [2.45, 2.75) is 26.6 Å². The average molecular weight is 300 g/mol. The van der Waals surface area contributed by atoms with Crippen LogP contribution in [0.25, 0.3) is 0 Å². The lowest BCUT2D eigenvalue weighted by molar-refractivity contribution is 0.185. The molecule has 1 atom stereocenters. The van der Waals surface area contributed by atoms with Crippen LogP contribution in [-0.4, -0.2) is 30.0 Å². The molecule has 1 aromatic carbocycles. The second-order valence-corrected chi connectivity index (χ2v) is 5.98. The molecule has 2 aromatic rings. The van der Waals surface area contributed by atoms with E-state index in [1.807, 2.05) is 6.92 Å². The van der Waals surface area contributed by atoms with Gasteiger partial charge in [-0.3, -0.25) is 0 Å². The van der Waals surface area contributed by atoms with E-state index in [0.717, 1.165) is 37.7 Å². The molecule has 5 nitrogen and oxygen atoms in total. The van der Waals surface area contributed by atoms with Gasteiger partial charge in [0.05, 0.1) is 12.3 Å². The van der Waals surface area contributed by atoms with E-state index in [1.165, 1.54) is 11.1 Å². The molecule has 0 saturated heterocycles. The van der Waals surface area contributed by atoms with Gasteiger partial charge in [0.1, 0.15) is 5.82 Å². The van der Waals surface area contributed by atoms with Gasteiger partial charge in [-0.05, 0) is 18.1 Å². The highest BCUT2D eigenvalue weighted by Crippen LogP contribution is 2.18. The zero-order valence-corrected chi connectivity index (χ0v) is 13.3. The summed E-state index contributed by atoms with van der Waals surface area (Å²) in [5.41, 5.74) is 3.59. The topological polar surface area (TPSA) is 51.1 Å². The SMILES string of the molecule is COCc1ccc(CNCC2CNc3cc(C)nn3C2)cc1. The van der Waals surface area contributed by atoms with Gasteiger partial charge in [-0.15, -0.1) is 0 Å². The molecular formula is C17H24N4O. The number of aromatic nitrogens is 2. The maximum absolute atomic E-state index is 5.13. The molecule has 2 heterocycles. The number of anilines is 1. The smallest absolute Gasteiger partial charge is 0.124 e. The molecular weight excluding hydrogens is 276 g/mol. The minimum atomic E-state index is 0.569. The number of aryl methyl sites for hydroxylation is 1. The lowest BCUT2D eigenvalue weighted by Crippen LogP contribution is -2.35. The number of hydrogen-bond acceptors (Lipinski definition) is 4. The van der Waals surface area contributed by atoms with Gasteiger partial charge in [-0.25, -0.2) is 4.68 Å². The Morgan fingerprint density at radius 2 is 2.09 bits per heavy atom. The van der Waals surface area contributed by atoms with Crippen molar-refractivity contribution in [3.8, 4) is 0 Å². The fourth-order valence-corrected chi connectivity index (χ4v) is 2.86. The molecule has 0 spiro atoms. The number of nitrogens with one attached hydrogen (secondary N) is 2. The predicted molar refractivity (Wildman–Crippen MR) is 87.8 cm³/mol. The number of hydrogen-bond donors (Lipinski definition) is 2. The van der Waals surface area contributed by atoms with Crippen molar-refractivity contribution in [1.29, 1.82) is 0 Å². The van der Waals surface area contributed by atoms with E-state index in [9.17, 15) is 0 Å². The first-order valence-corrected chi connectivity index (χ1v) is 7.80. The van der Waals surface area contributed by atoms with Crippen molar-refractivity contribution in [3.63, 3.8) is 0 Å². The number of ether oxygens (including phenoxy) is 1. The maximum atomic E-state index is 5.13. The largest absolute Gasteiger partial charge is 0.380 e. The van der Waals surface area contributed by atoms with Crippen molar-refractivity contribution in [1.82, 2.24) is 15.1 Å². The maximum Gasteiger partial charge on any atom is 0.124 e. The summed E-state index contributed by atoms with van der Waals surface area (Å²) in [5.74, 6) is 1.71. The molecule has 1 aliphatic heterocycles. The zero-order chi connectivity index (χ0) is 15.4. The number of rotatable bonds is 6. The van der Waals surface area contributed by atoms with E-state index in [2.05, 4.69) is 50.7 Å². The minimum absolute atomic E-state index is 0.569. The molecule has 5 heteroatoms. The van der Waals surface area contributed by atoms with Gasteiger partial charge in [-0.1, -0.05) is 24.3 Å². The average Bonchev–Trinajstić information content (AvgIpc) is 2.89. The lowest BCUT2D eigenvalue weighted by Gasteiger charge is -2.25. The fourth-order valence-electron chi connectivity index (χ4n) is 2.86. The van der Waals surface area contributed by atoms with E-state index in [1.54, 1.807) is 7.11 Å². The van der Waals surface area contributed by atoms with Crippen LogP contribution in [-0.2, 0) is 24.4 Å². The van der Waals surface area contributed by atoms with Crippen molar-refractivity contribution in [2.24, 2.45) is 5.92 Å². The van der Waals surface area contributed by atoms with Crippen LogP contribution in [0.5, 0.6) is 0 Å². The van der Waals surface area contributed by atoms with Gasteiger partial charge in [0, 0.05) is 45.3 Å². The summed E-state index contributed by atoms with van der Waals surface area (Å²) in [6.07, 6.45) is 0. The third-order valence-corrected chi connectivity index (χ3v) is 4.00. The van der Waals surface area contributed by atoms with Crippen molar-refractivity contribution in [3.05, 3.63) is 47.2 Å². The molecule has 22 heavy (non-hydrogen) atoms. The van der Waals surface area contributed by atoms with Crippen molar-refractivity contribution >= 4 is 5.82 Å². The lowest BCUT2D eigenvalue weighted by atomic mass is 10.1. The molecule has 0 radical (unpaired) electrons. The highest BCUT2D eigenvalue weighted by molar-refractivity contribution is 5.38. The van der Waals surface area contributed by atoms with Crippen LogP contribution < -0.4 is 10.6 Å². The zero-order valence-electron chi connectivity index (χ0n) is 13.3. The Bertz CT molecular complexity index is 606. The minimum Gasteiger partial charge on any atom is -0.380 e. The van der Waals surface area contributed by atoms with Gasteiger partial charge in [0.2, 0.25) is 0 Å². The molecule has 1 aromatic heterocycles. The van der Waals surface area contributed by atoms with Gasteiger partial charge in [0.25, 0.3) is 0 Å². The van der Waals surface area contributed by atoms with Crippen molar-refractivity contribution in [2.75, 3.05) is 25.5 Å². The molecule has 3 rings (SSSR count). The van der Waals surface area contributed by atoms with Crippen LogP contribution in [0.3, 0.4) is 0 Å². The van der Waals surface area contributed by atoms with Crippen LogP contribution >= 0.6 is 0 Å². The summed E-state index contributed by atoms with van der Waals surface area (Å²) < 4.78 is 7.20. The van der Waals surface area contributed by atoms with E-state index >= 15 is 0 Å². The molecule has 0 saturated carbocycles. The fraction of sp³-hybridized carbons (Fsp3) is 0.471. The van der Waals surface area contributed by atoms with Crippen LogP contribution in [0.1, 0.15) is 16.8 Å². The summed E-state index contributed by atoms with van der Waals surface area (Å²) in [6.45, 7) is 6.58. The predicted octanol–water partition coefficient (Wildman–Crippen LogP) is 2.17. The van der Waals surface area contributed by atoms with Crippen LogP contribution in [0.4, 0.5) is 5.82 Å². The first kappa shape index (κ1) is 15.1. The second kappa shape index (κ2) is 6.94. The third-order valence-electron chi connectivity index (χ3n) is 4.00. The Morgan fingerprint density at radius 3 is 2.86 bits per heavy atom. The van der Waals surface area contributed by atoms with Gasteiger partial charge in [-0.2, -0.15) is 5.10 Å². The first-order valence-electron chi connectivity index (χ1n) is 7.80. The van der Waals surface area contributed by atoms with E-state index < -0.39 is 0 Å². The third kappa shape index (κ3) is 3.67. The standard InChI is InChI=1S/C17H24N4O/c1-13-7-17-19-10-16(11-21(17)20-13)9-18-8-14-3-5-15(6-4-14)12-22-2/h3-7,16,18-19H,8-12H2,1-2H3. The Kier molecular flexibility index (Phi) is 4.75. The highest BCUT2D eigenvalue weighted by Gasteiger charge is 2.18. The van der Waals surface area contributed by atoms with Gasteiger partial charge >= 0.3 is 0 Å². The van der Waals surface area contributed by atoms with E-state index in [4.69, 9.17) is 4.74 Å². The van der Waals surface area contributed by atoms with E-state index in [-0.39, 0.29) is 0 Å². The molecule has 0 amide bonds. The van der Waals surface area contributed by atoms with Crippen LogP contribution in [0.15, 0.2) is 30.3 Å². The number of fused-ring (bicyclic) bond motifs is 1. The molecule has 0 bridgehead atoms.